The topological polar surface area (TPSA) is 103 Å². The lowest BCUT2D eigenvalue weighted by Gasteiger charge is -2.30. The van der Waals surface area contributed by atoms with Crippen molar-refractivity contribution in [2.45, 2.75) is 17.7 Å². The predicted octanol–water partition coefficient (Wildman–Crippen LogP) is 3.15. The van der Waals surface area contributed by atoms with Crippen LogP contribution in [-0.2, 0) is 14.8 Å². The molecule has 8 heteroatoms. The fraction of sp³-hybridized carbons (Fsp3) is 0.227. The van der Waals surface area contributed by atoms with Gasteiger partial charge in [0.05, 0.1) is 16.0 Å². The van der Waals surface area contributed by atoms with Crippen LogP contribution in [0, 0.1) is 17.2 Å². The van der Waals surface area contributed by atoms with E-state index in [4.69, 9.17) is 0 Å². The molecule has 1 saturated heterocycles. The van der Waals surface area contributed by atoms with E-state index in [0.29, 0.717) is 18.7 Å². The van der Waals surface area contributed by atoms with Crippen LogP contribution in [-0.4, -0.2) is 36.7 Å². The van der Waals surface area contributed by atoms with Crippen molar-refractivity contribution < 1.29 is 13.2 Å². The van der Waals surface area contributed by atoms with E-state index >= 15 is 0 Å². The molecule has 30 heavy (non-hydrogen) atoms. The Morgan fingerprint density at radius 3 is 2.50 bits per heavy atom. The van der Waals surface area contributed by atoms with E-state index in [1.165, 1.54) is 16.4 Å². The van der Waals surface area contributed by atoms with Crippen LogP contribution in [0.2, 0.25) is 0 Å². The molecule has 1 aliphatic heterocycles. The monoisotopic (exact) mass is 420 g/mol. The number of carbonyl (C=O) groups is 1. The fourth-order valence-electron chi connectivity index (χ4n) is 3.65. The minimum Gasteiger partial charge on any atom is -0.310 e. The van der Waals surface area contributed by atoms with Crippen molar-refractivity contribution in [3.63, 3.8) is 0 Å². The second-order valence-electron chi connectivity index (χ2n) is 7.16. The van der Waals surface area contributed by atoms with Crippen LogP contribution < -0.4 is 5.32 Å². The number of rotatable bonds is 4. The van der Waals surface area contributed by atoms with Gasteiger partial charge in [0, 0.05) is 24.4 Å². The number of amides is 1. The molecule has 7 nitrogen and oxygen atoms in total. The average molecular weight is 420 g/mol. The number of nitrogens with one attached hydrogen (secondary N) is 1. The normalized spacial score (nSPS) is 15.6. The maximum Gasteiger partial charge on any atom is 0.244 e. The zero-order chi connectivity index (χ0) is 21.1. The van der Waals surface area contributed by atoms with E-state index in [1.54, 1.807) is 18.2 Å². The number of hydrogen-bond acceptors (Lipinski definition) is 5. The molecule has 0 unspecified atom stereocenters. The molecular weight excluding hydrogens is 400 g/mol. The minimum absolute atomic E-state index is 0.00997. The third kappa shape index (κ3) is 3.90. The van der Waals surface area contributed by atoms with Gasteiger partial charge in [-0.3, -0.25) is 4.79 Å². The summed E-state index contributed by atoms with van der Waals surface area (Å²) in [5, 5.41) is 13.0. The highest BCUT2D eigenvalue weighted by molar-refractivity contribution is 7.89. The Hall–Kier alpha value is -3.28. The summed E-state index contributed by atoms with van der Waals surface area (Å²) in [7, 11) is -3.77. The van der Waals surface area contributed by atoms with E-state index in [1.807, 2.05) is 36.4 Å². The summed E-state index contributed by atoms with van der Waals surface area (Å²) in [4.78, 5) is 17.1. The number of fused-ring (bicyclic) bond motifs is 1. The van der Waals surface area contributed by atoms with Crippen molar-refractivity contribution in [1.82, 2.24) is 9.29 Å². The number of hydrogen-bond donors (Lipinski definition) is 1. The molecule has 1 aromatic heterocycles. The molecule has 0 bridgehead atoms. The Bertz CT molecular complexity index is 1240. The van der Waals surface area contributed by atoms with Crippen molar-refractivity contribution in [2.24, 2.45) is 5.92 Å². The van der Waals surface area contributed by atoms with Crippen LogP contribution in [0.25, 0.3) is 10.9 Å². The first-order valence-corrected chi connectivity index (χ1v) is 11.1. The van der Waals surface area contributed by atoms with Gasteiger partial charge in [0.1, 0.15) is 11.9 Å². The van der Waals surface area contributed by atoms with Gasteiger partial charge >= 0.3 is 0 Å². The van der Waals surface area contributed by atoms with Gasteiger partial charge in [-0.05, 0) is 43.2 Å². The molecule has 3 aromatic rings. The number of sulfonamides is 1. The van der Waals surface area contributed by atoms with E-state index in [-0.39, 0.29) is 35.4 Å². The first kappa shape index (κ1) is 20.0. The summed E-state index contributed by atoms with van der Waals surface area (Å²) in [5.41, 5.74) is 0.923. The molecule has 1 fully saturated rings. The Kier molecular flexibility index (Phi) is 5.48. The number of piperidine rings is 1. The fourth-order valence-corrected chi connectivity index (χ4v) is 5.26. The molecule has 4 rings (SSSR count). The molecule has 1 N–H and O–H groups in total. The summed E-state index contributed by atoms with van der Waals surface area (Å²) in [6.45, 7) is 0.455. The van der Waals surface area contributed by atoms with Gasteiger partial charge in [-0.2, -0.15) is 9.57 Å². The number of nitrogens with zero attached hydrogens (tertiary/aromatic N) is 3. The number of para-hydroxylation sites is 1. The van der Waals surface area contributed by atoms with Gasteiger partial charge in [0.15, 0.2) is 0 Å². The Morgan fingerprint density at radius 2 is 1.73 bits per heavy atom. The van der Waals surface area contributed by atoms with E-state index < -0.39 is 10.0 Å². The number of carbonyl (C=O) groups excluding carboxylic acids is 1. The van der Waals surface area contributed by atoms with Crippen molar-refractivity contribution in [3.05, 3.63) is 66.2 Å². The van der Waals surface area contributed by atoms with Crippen molar-refractivity contribution >= 4 is 32.7 Å². The largest absolute Gasteiger partial charge is 0.310 e. The lowest BCUT2D eigenvalue weighted by atomic mass is 9.97. The van der Waals surface area contributed by atoms with Crippen LogP contribution in [0.3, 0.4) is 0 Å². The van der Waals surface area contributed by atoms with Crippen LogP contribution in [0.15, 0.2) is 65.6 Å². The maximum atomic E-state index is 12.9. The summed E-state index contributed by atoms with van der Waals surface area (Å²) >= 11 is 0. The Balaban J connectivity index is 1.42. The molecule has 1 aliphatic rings. The molecule has 0 saturated carbocycles. The maximum absolute atomic E-state index is 12.9. The van der Waals surface area contributed by atoms with Crippen molar-refractivity contribution in [3.8, 4) is 6.07 Å². The van der Waals surface area contributed by atoms with Crippen molar-refractivity contribution in [1.29, 1.82) is 5.26 Å². The highest BCUT2D eigenvalue weighted by Gasteiger charge is 2.33. The Morgan fingerprint density at radius 1 is 1.03 bits per heavy atom. The van der Waals surface area contributed by atoms with Gasteiger partial charge in [0.2, 0.25) is 15.9 Å². The van der Waals surface area contributed by atoms with Gasteiger partial charge in [-0.25, -0.2) is 13.4 Å². The first-order chi connectivity index (χ1) is 14.5. The lowest BCUT2D eigenvalue weighted by molar-refractivity contribution is -0.120. The smallest absolute Gasteiger partial charge is 0.244 e. The highest BCUT2D eigenvalue weighted by atomic mass is 32.2. The van der Waals surface area contributed by atoms with Crippen LogP contribution in [0.4, 0.5) is 5.82 Å². The number of aromatic nitrogens is 1. The van der Waals surface area contributed by atoms with E-state index in [9.17, 15) is 18.5 Å². The van der Waals surface area contributed by atoms with Gasteiger partial charge < -0.3 is 5.32 Å². The zero-order valence-corrected chi connectivity index (χ0v) is 17.0. The third-order valence-corrected chi connectivity index (χ3v) is 7.26. The molecule has 0 aliphatic carbocycles. The average Bonchev–Trinajstić information content (AvgIpc) is 2.79. The van der Waals surface area contributed by atoms with E-state index in [0.717, 1.165) is 10.9 Å². The van der Waals surface area contributed by atoms with Gasteiger partial charge in [0.25, 0.3) is 0 Å². The van der Waals surface area contributed by atoms with Crippen LogP contribution >= 0.6 is 0 Å². The highest BCUT2D eigenvalue weighted by Crippen LogP contribution is 2.26. The zero-order valence-electron chi connectivity index (χ0n) is 16.2. The minimum atomic E-state index is -3.77. The standard InChI is InChI=1S/C22H20N4O3S/c23-15-18-6-2-4-8-20(18)30(28,29)26-13-11-17(12-14-26)22(27)25-21-10-9-16-5-1-3-7-19(16)24-21/h1-10,17H,11-14H2,(H,24,25,27). The molecule has 0 spiro atoms. The summed E-state index contributed by atoms with van der Waals surface area (Å²) in [5.74, 6) is 0.0277. The molecular formula is C22H20N4O3S. The summed E-state index contributed by atoms with van der Waals surface area (Å²) in [6.07, 6.45) is 0.820. The molecule has 0 atom stereocenters. The molecule has 2 aromatic carbocycles. The van der Waals surface area contributed by atoms with Gasteiger partial charge in [-0.1, -0.05) is 30.3 Å². The van der Waals surface area contributed by atoms with Crippen LogP contribution in [0.5, 0.6) is 0 Å². The third-order valence-electron chi connectivity index (χ3n) is 5.30. The SMILES string of the molecule is N#Cc1ccccc1S(=O)(=O)N1CCC(C(=O)Nc2ccc3ccccc3n2)CC1. The number of benzene rings is 2. The van der Waals surface area contributed by atoms with Crippen LogP contribution in [0.1, 0.15) is 18.4 Å². The van der Waals surface area contributed by atoms with Crippen molar-refractivity contribution in [2.75, 3.05) is 18.4 Å². The quantitative estimate of drug-likeness (QED) is 0.698. The molecule has 2 heterocycles. The second-order valence-corrected chi connectivity index (χ2v) is 9.07. The lowest BCUT2D eigenvalue weighted by Crippen LogP contribution is -2.41. The molecule has 152 valence electrons. The van der Waals surface area contributed by atoms with Gasteiger partial charge in [-0.15, -0.1) is 0 Å². The molecule has 1 amide bonds. The molecule has 0 radical (unpaired) electrons. The first-order valence-electron chi connectivity index (χ1n) is 9.65. The van der Waals surface area contributed by atoms with E-state index in [2.05, 4.69) is 10.3 Å². The summed E-state index contributed by atoms with van der Waals surface area (Å²) < 4.78 is 27.2. The predicted molar refractivity (Wildman–Crippen MR) is 113 cm³/mol. The number of pyridine rings is 1. The Labute approximate surface area is 175 Å². The number of nitriles is 1. The second kappa shape index (κ2) is 8.22. The summed E-state index contributed by atoms with van der Waals surface area (Å²) in [6, 6.07) is 19.4. The number of anilines is 1.